The summed E-state index contributed by atoms with van der Waals surface area (Å²) in [6, 6.07) is 9.19. The second-order valence-corrected chi connectivity index (χ2v) is 6.53. The molecule has 178 valence electrons. The molecule has 0 amide bonds. The predicted octanol–water partition coefficient (Wildman–Crippen LogP) is 4.18. The van der Waals surface area contributed by atoms with Crippen molar-refractivity contribution in [1.82, 2.24) is 0 Å². The fraction of sp³-hybridized carbons (Fsp3) is 0.360. The Balaban J connectivity index is 0.000000335. The number of hydrogen-bond acceptors (Lipinski definition) is 8. The van der Waals surface area contributed by atoms with Crippen LogP contribution in [0.5, 0.6) is 34.5 Å². The molecule has 0 aliphatic heterocycles. The van der Waals surface area contributed by atoms with E-state index in [1.165, 1.54) is 21.3 Å². The Kier molecular flexibility index (Phi) is 11.7. The molecule has 0 N–H and O–H groups in total. The van der Waals surface area contributed by atoms with Gasteiger partial charge in [-0.1, -0.05) is 18.2 Å². The number of allylic oxidation sites excluding steroid dienone is 1. The van der Waals surface area contributed by atoms with Gasteiger partial charge in [-0.2, -0.15) is 5.26 Å². The third kappa shape index (κ3) is 7.07. The number of ketones is 1. The van der Waals surface area contributed by atoms with Gasteiger partial charge in [-0.3, -0.25) is 4.79 Å². The molecule has 0 fully saturated rings. The molecular formula is C25H31NO7. The minimum absolute atomic E-state index is 0.0792. The van der Waals surface area contributed by atoms with Crippen molar-refractivity contribution in [3.63, 3.8) is 0 Å². The van der Waals surface area contributed by atoms with Gasteiger partial charge in [-0.15, -0.1) is 6.58 Å². The zero-order valence-electron chi connectivity index (χ0n) is 20.0. The molecule has 8 nitrogen and oxygen atoms in total. The number of ether oxygens (including phenoxy) is 6. The standard InChI is InChI=1S/C14H18O4.C11H13NO3/c1-5-6-11(15)9-10-7-8-12(16-2)14(18-4)13(10)17-3;1-13-9-5-4-8(6-7-12)10(14-2)11(9)15-3/h5,7-8H,1,6,9H2,2-4H3;4-5H,6H2,1-3H3. The third-order valence-corrected chi connectivity index (χ3v) is 4.60. The van der Waals surface area contributed by atoms with E-state index in [1.54, 1.807) is 51.7 Å². The molecule has 2 aromatic rings. The Labute approximate surface area is 195 Å². The topological polar surface area (TPSA) is 96.2 Å². The molecule has 33 heavy (non-hydrogen) atoms. The zero-order valence-corrected chi connectivity index (χ0v) is 20.0. The number of rotatable bonds is 11. The lowest BCUT2D eigenvalue weighted by molar-refractivity contribution is -0.117. The summed E-state index contributed by atoms with van der Waals surface area (Å²) in [4.78, 5) is 11.6. The minimum Gasteiger partial charge on any atom is -0.493 e. The van der Waals surface area contributed by atoms with Gasteiger partial charge in [0, 0.05) is 24.0 Å². The van der Waals surface area contributed by atoms with Crippen molar-refractivity contribution >= 4 is 5.78 Å². The van der Waals surface area contributed by atoms with Gasteiger partial charge in [0.2, 0.25) is 11.5 Å². The summed E-state index contributed by atoms with van der Waals surface area (Å²) in [5.41, 5.74) is 1.57. The van der Waals surface area contributed by atoms with Gasteiger partial charge in [0.25, 0.3) is 0 Å². The molecule has 0 aromatic heterocycles. The van der Waals surface area contributed by atoms with E-state index < -0.39 is 0 Å². The van der Waals surface area contributed by atoms with Crippen LogP contribution in [0.3, 0.4) is 0 Å². The Bertz CT molecular complexity index is 980. The quantitative estimate of drug-likeness (QED) is 0.464. The highest BCUT2D eigenvalue weighted by Gasteiger charge is 2.17. The smallest absolute Gasteiger partial charge is 0.203 e. The van der Waals surface area contributed by atoms with Crippen LogP contribution in [0.2, 0.25) is 0 Å². The van der Waals surface area contributed by atoms with Crippen LogP contribution in [-0.2, 0) is 17.6 Å². The van der Waals surface area contributed by atoms with Crippen LogP contribution in [0.1, 0.15) is 17.5 Å². The summed E-state index contributed by atoms with van der Waals surface area (Å²) in [7, 11) is 9.27. The first-order valence-corrected chi connectivity index (χ1v) is 10.0. The molecule has 0 saturated heterocycles. The van der Waals surface area contributed by atoms with Crippen molar-refractivity contribution in [3.8, 4) is 40.6 Å². The van der Waals surface area contributed by atoms with Gasteiger partial charge < -0.3 is 28.4 Å². The first-order chi connectivity index (χ1) is 15.9. The van der Waals surface area contributed by atoms with Gasteiger partial charge >= 0.3 is 0 Å². The van der Waals surface area contributed by atoms with Crippen molar-refractivity contribution < 1.29 is 33.2 Å². The van der Waals surface area contributed by atoms with Gasteiger partial charge in [-0.25, -0.2) is 0 Å². The molecule has 2 rings (SSSR count). The molecule has 0 unspecified atom stereocenters. The van der Waals surface area contributed by atoms with E-state index in [0.717, 1.165) is 11.1 Å². The van der Waals surface area contributed by atoms with Crippen molar-refractivity contribution in [2.75, 3.05) is 42.7 Å². The second kappa shape index (κ2) is 14.2. The number of methoxy groups -OCH3 is 6. The lowest BCUT2D eigenvalue weighted by Crippen LogP contribution is -2.05. The highest BCUT2D eigenvalue weighted by molar-refractivity contribution is 5.83. The highest BCUT2D eigenvalue weighted by atomic mass is 16.5. The molecule has 0 aliphatic rings. The normalized spacial score (nSPS) is 9.48. The third-order valence-electron chi connectivity index (χ3n) is 4.60. The number of carbonyl (C=O) groups excluding carboxylic acids is 1. The summed E-state index contributed by atoms with van der Waals surface area (Å²) in [5.74, 6) is 3.37. The first-order valence-electron chi connectivity index (χ1n) is 10.0. The Morgan fingerprint density at radius 1 is 0.788 bits per heavy atom. The van der Waals surface area contributed by atoms with E-state index in [2.05, 4.69) is 12.6 Å². The Morgan fingerprint density at radius 3 is 1.64 bits per heavy atom. The molecule has 8 heteroatoms. The molecule has 0 spiro atoms. The monoisotopic (exact) mass is 457 g/mol. The van der Waals surface area contributed by atoms with Crippen LogP contribution >= 0.6 is 0 Å². The Hall–Kier alpha value is -3.86. The van der Waals surface area contributed by atoms with E-state index >= 15 is 0 Å². The molecule has 0 saturated carbocycles. The number of benzene rings is 2. The van der Waals surface area contributed by atoms with Gasteiger partial charge in [0.1, 0.15) is 5.78 Å². The summed E-state index contributed by atoms with van der Waals surface area (Å²) in [5, 5.41) is 8.65. The summed E-state index contributed by atoms with van der Waals surface area (Å²) >= 11 is 0. The van der Waals surface area contributed by atoms with Crippen LogP contribution in [0.15, 0.2) is 36.9 Å². The maximum Gasteiger partial charge on any atom is 0.203 e. The van der Waals surface area contributed by atoms with E-state index in [0.29, 0.717) is 40.9 Å². The molecule has 0 aliphatic carbocycles. The van der Waals surface area contributed by atoms with E-state index in [9.17, 15) is 4.79 Å². The van der Waals surface area contributed by atoms with Gasteiger partial charge in [0.05, 0.1) is 55.1 Å². The fourth-order valence-corrected chi connectivity index (χ4v) is 3.14. The number of hydrogen-bond donors (Lipinski definition) is 0. The van der Waals surface area contributed by atoms with Crippen molar-refractivity contribution in [1.29, 1.82) is 5.26 Å². The fourth-order valence-electron chi connectivity index (χ4n) is 3.14. The highest BCUT2D eigenvalue weighted by Crippen LogP contribution is 2.40. The van der Waals surface area contributed by atoms with Crippen molar-refractivity contribution in [2.45, 2.75) is 19.3 Å². The van der Waals surface area contributed by atoms with E-state index in [4.69, 9.17) is 33.7 Å². The minimum atomic E-state index is 0.0792. The van der Waals surface area contributed by atoms with Crippen LogP contribution in [0.4, 0.5) is 0 Å². The van der Waals surface area contributed by atoms with Crippen LogP contribution in [0.25, 0.3) is 0 Å². The number of nitriles is 1. The predicted molar refractivity (Wildman–Crippen MR) is 125 cm³/mol. The maximum atomic E-state index is 11.6. The van der Waals surface area contributed by atoms with Gasteiger partial charge in [-0.05, 0) is 12.1 Å². The van der Waals surface area contributed by atoms with Crippen molar-refractivity contribution in [2.24, 2.45) is 0 Å². The largest absolute Gasteiger partial charge is 0.493 e. The molecule has 0 heterocycles. The van der Waals surface area contributed by atoms with Crippen molar-refractivity contribution in [3.05, 3.63) is 48.0 Å². The van der Waals surface area contributed by atoms with Gasteiger partial charge in [0.15, 0.2) is 23.0 Å². The summed E-state index contributed by atoms with van der Waals surface area (Å²) < 4.78 is 31.3. The summed E-state index contributed by atoms with van der Waals surface area (Å²) in [6.45, 7) is 3.55. The van der Waals surface area contributed by atoms with E-state index in [-0.39, 0.29) is 18.6 Å². The lowest BCUT2D eigenvalue weighted by Gasteiger charge is -2.15. The average Bonchev–Trinajstić information content (AvgIpc) is 2.83. The molecule has 0 atom stereocenters. The first kappa shape index (κ1) is 27.2. The average molecular weight is 458 g/mol. The summed E-state index contributed by atoms with van der Waals surface area (Å²) in [6.07, 6.45) is 2.51. The number of carbonyl (C=O) groups is 1. The number of Topliss-reactive ketones (excluding diaryl/α,β-unsaturated/α-hetero) is 1. The maximum absolute atomic E-state index is 11.6. The van der Waals surface area contributed by atoms with E-state index in [1.807, 2.05) is 0 Å². The SMILES string of the molecule is C=CCC(=O)Cc1ccc(OC)c(OC)c1OC.COc1ccc(CC#N)c(OC)c1OC. The molecule has 0 radical (unpaired) electrons. The second-order valence-electron chi connectivity index (χ2n) is 6.53. The molecule has 2 aromatic carbocycles. The van der Waals surface area contributed by atoms with Crippen LogP contribution in [0, 0.1) is 11.3 Å². The van der Waals surface area contributed by atoms with Crippen LogP contribution in [-0.4, -0.2) is 48.4 Å². The molecular weight excluding hydrogens is 426 g/mol. The zero-order chi connectivity index (χ0) is 24.8. The number of nitrogens with zero attached hydrogens (tertiary/aromatic N) is 1. The lowest BCUT2D eigenvalue weighted by atomic mass is 10.0. The molecule has 0 bridgehead atoms. The Morgan fingerprint density at radius 2 is 1.24 bits per heavy atom. The van der Waals surface area contributed by atoms with Crippen LogP contribution < -0.4 is 28.4 Å².